The van der Waals surface area contributed by atoms with E-state index in [-0.39, 0.29) is 35.2 Å². The molecule has 2 aromatic rings. The summed E-state index contributed by atoms with van der Waals surface area (Å²) in [5, 5.41) is 6.38. The van der Waals surface area contributed by atoms with Crippen LogP contribution in [0, 0.1) is 11.3 Å². The van der Waals surface area contributed by atoms with E-state index in [0.29, 0.717) is 37.4 Å². The van der Waals surface area contributed by atoms with Crippen LogP contribution in [0.25, 0.3) is 11.3 Å². The van der Waals surface area contributed by atoms with E-state index in [1.807, 2.05) is 37.4 Å². The first-order chi connectivity index (χ1) is 20.4. The summed E-state index contributed by atoms with van der Waals surface area (Å²) in [6.45, 7) is 5.29. The number of H-pyrrole nitrogens is 1. The summed E-state index contributed by atoms with van der Waals surface area (Å²) in [7, 11) is 2.15. The summed E-state index contributed by atoms with van der Waals surface area (Å²) < 4.78 is 5.35. The van der Waals surface area contributed by atoms with Gasteiger partial charge in [0.05, 0.1) is 30.6 Å². The standard InChI is InChI=1S/C33H47N5O4/c1-3-26(39)8-6-4-5-7-9-28(37-32(41)27-20-33(27)15-17-38(2)18-16-33)30-34-21-29(36-30)23-10-12-24(13-11-23)31(40)35-25-14-19-42-22-25/h10-13,21,25,27-28H,3-9,14-20,22H2,1-2H3,(H,34,36)(H,35,40)(H,37,41)/t25?,27-,28+/m1/s1. The zero-order valence-electron chi connectivity index (χ0n) is 25.3. The fraction of sp³-hybridized carbons (Fsp3) is 0.636. The first-order valence-electron chi connectivity index (χ1n) is 15.9. The van der Waals surface area contributed by atoms with Crippen LogP contribution in [0.2, 0.25) is 0 Å². The molecule has 9 nitrogen and oxygen atoms in total. The van der Waals surface area contributed by atoms with E-state index >= 15 is 0 Å². The minimum absolute atomic E-state index is 0.0725. The highest BCUT2D eigenvalue weighted by atomic mass is 16.5. The lowest BCUT2D eigenvalue weighted by Gasteiger charge is -2.30. The third kappa shape index (κ3) is 7.67. The van der Waals surface area contributed by atoms with Gasteiger partial charge < -0.3 is 25.3 Å². The molecule has 1 unspecified atom stereocenters. The average molecular weight is 578 g/mol. The van der Waals surface area contributed by atoms with Gasteiger partial charge in [-0.05, 0) is 81.8 Å². The lowest BCUT2D eigenvalue weighted by atomic mass is 9.91. The summed E-state index contributed by atoms with van der Waals surface area (Å²) in [6, 6.07) is 7.40. The molecule has 2 amide bonds. The van der Waals surface area contributed by atoms with Crippen molar-refractivity contribution in [1.82, 2.24) is 25.5 Å². The van der Waals surface area contributed by atoms with E-state index in [4.69, 9.17) is 9.72 Å². The summed E-state index contributed by atoms with van der Waals surface area (Å²) in [5.41, 5.74) is 2.59. The molecule has 2 aliphatic heterocycles. The van der Waals surface area contributed by atoms with Crippen molar-refractivity contribution in [2.24, 2.45) is 11.3 Å². The second-order valence-electron chi connectivity index (χ2n) is 12.6. The van der Waals surface area contributed by atoms with E-state index < -0.39 is 0 Å². The Bertz CT molecular complexity index is 1210. The number of hydrogen-bond acceptors (Lipinski definition) is 6. The Labute approximate surface area is 249 Å². The average Bonchev–Trinajstić information content (AvgIpc) is 3.32. The minimum Gasteiger partial charge on any atom is -0.379 e. The minimum atomic E-state index is -0.189. The SMILES string of the molecule is CCC(=O)CCCCCC[C@H](NC(=O)[C@H]1CC12CCN(C)CC2)c1ncc(-c2ccc(C(=O)NC3CCOC3)cc2)[nH]1. The molecule has 1 saturated carbocycles. The van der Waals surface area contributed by atoms with Gasteiger partial charge in [-0.1, -0.05) is 38.3 Å². The molecule has 1 spiro atoms. The third-order valence-corrected chi connectivity index (χ3v) is 9.55. The summed E-state index contributed by atoms with van der Waals surface area (Å²) >= 11 is 0. The molecule has 3 heterocycles. The number of nitrogens with zero attached hydrogens (tertiary/aromatic N) is 2. The molecule has 9 heteroatoms. The van der Waals surface area contributed by atoms with Gasteiger partial charge in [0, 0.05) is 30.9 Å². The number of imidazole rings is 1. The van der Waals surface area contributed by atoms with Crippen molar-refractivity contribution in [1.29, 1.82) is 0 Å². The van der Waals surface area contributed by atoms with Crippen molar-refractivity contribution in [3.8, 4) is 11.3 Å². The molecule has 1 aliphatic carbocycles. The topological polar surface area (TPSA) is 116 Å². The maximum Gasteiger partial charge on any atom is 0.251 e. The first kappa shape index (κ1) is 30.4. The molecule has 5 rings (SSSR count). The number of likely N-dealkylation sites (tertiary alicyclic amines) is 1. The molecule has 228 valence electrons. The number of ether oxygens (including phenoxy) is 1. The summed E-state index contributed by atoms with van der Waals surface area (Å²) in [5.74, 6) is 1.25. The van der Waals surface area contributed by atoms with E-state index in [0.717, 1.165) is 88.0 Å². The Kier molecular flexibility index (Phi) is 10.1. The van der Waals surface area contributed by atoms with Crippen molar-refractivity contribution in [2.45, 2.75) is 89.6 Å². The highest BCUT2D eigenvalue weighted by Gasteiger charge is 2.58. The van der Waals surface area contributed by atoms with Crippen molar-refractivity contribution in [3.63, 3.8) is 0 Å². The van der Waals surface area contributed by atoms with Gasteiger partial charge in [-0.3, -0.25) is 14.4 Å². The van der Waals surface area contributed by atoms with Gasteiger partial charge >= 0.3 is 0 Å². The van der Waals surface area contributed by atoms with E-state index in [2.05, 4.69) is 27.6 Å². The predicted octanol–water partition coefficient (Wildman–Crippen LogP) is 4.80. The van der Waals surface area contributed by atoms with Crippen LogP contribution in [0.1, 0.15) is 99.8 Å². The van der Waals surface area contributed by atoms with Crippen LogP contribution in [0.4, 0.5) is 0 Å². The van der Waals surface area contributed by atoms with Gasteiger partial charge in [0.1, 0.15) is 11.6 Å². The van der Waals surface area contributed by atoms with Crippen LogP contribution in [0.3, 0.4) is 0 Å². The summed E-state index contributed by atoms with van der Waals surface area (Å²) in [4.78, 5) is 48.2. The molecular weight excluding hydrogens is 530 g/mol. The zero-order chi connectivity index (χ0) is 29.5. The van der Waals surface area contributed by atoms with E-state index in [1.165, 1.54) is 0 Å². The number of ketones is 1. The molecule has 3 atom stereocenters. The number of rotatable bonds is 14. The quantitative estimate of drug-likeness (QED) is 0.278. The molecular formula is C33H47N5O4. The van der Waals surface area contributed by atoms with Crippen LogP contribution in [-0.4, -0.2) is 71.9 Å². The number of Topliss-reactive ketones (excluding diaryl/α,β-unsaturated/α-hetero) is 1. The van der Waals surface area contributed by atoms with Crippen LogP contribution < -0.4 is 10.6 Å². The van der Waals surface area contributed by atoms with Crippen LogP contribution in [0.5, 0.6) is 0 Å². The first-order valence-corrected chi connectivity index (χ1v) is 15.9. The van der Waals surface area contributed by atoms with Crippen molar-refractivity contribution in [2.75, 3.05) is 33.4 Å². The Hall–Kier alpha value is -3.04. The molecule has 1 aromatic heterocycles. The number of hydrogen-bond donors (Lipinski definition) is 3. The number of amides is 2. The Morgan fingerprint density at radius 2 is 1.88 bits per heavy atom. The van der Waals surface area contributed by atoms with Crippen LogP contribution in [0.15, 0.2) is 30.5 Å². The fourth-order valence-electron chi connectivity index (χ4n) is 6.46. The summed E-state index contributed by atoms with van der Waals surface area (Å²) in [6.07, 6.45) is 11.8. The number of benzene rings is 1. The fourth-order valence-corrected chi connectivity index (χ4v) is 6.46. The maximum absolute atomic E-state index is 13.4. The van der Waals surface area contributed by atoms with Crippen LogP contribution in [-0.2, 0) is 14.3 Å². The molecule has 3 fully saturated rings. The largest absolute Gasteiger partial charge is 0.379 e. The van der Waals surface area contributed by atoms with Gasteiger partial charge in [0.15, 0.2) is 0 Å². The Morgan fingerprint density at radius 3 is 2.60 bits per heavy atom. The van der Waals surface area contributed by atoms with Gasteiger partial charge in [0.25, 0.3) is 5.91 Å². The van der Waals surface area contributed by atoms with Gasteiger partial charge in [-0.25, -0.2) is 4.98 Å². The van der Waals surface area contributed by atoms with Gasteiger partial charge in [-0.2, -0.15) is 0 Å². The van der Waals surface area contributed by atoms with E-state index in [9.17, 15) is 14.4 Å². The number of piperidine rings is 1. The molecule has 3 N–H and O–H groups in total. The normalized spacial score (nSPS) is 22.1. The second-order valence-corrected chi connectivity index (χ2v) is 12.6. The lowest BCUT2D eigenvalue weighted by Crippen LogP contribution is -2.36. The number of nitrogens with one attached hydrogen (secondary N) is 3. The van der Waals surface area contributed by atoms with E-state index in [1.54, 1.807) is 0 Å². The highest BCUT2D eigenvalue weighted by molar-refractivity contribution is 5.94. The number of unbranched alkanes of at least 4 members (excludes halogenated alkanes) is 3. The zero-order valence-corrected chi connectivity index (χ0v) is 25.3. The van der Waals surface area contributed by atoms with Crippen molar-refractivity contribution < 1.29 is 19.1 Å². The second kappa shape index (κ2) is 14.0. The smallest absolute Gasteiger partial charge is 0.251 e. The molecule has 42 heavy (non-hydrogen) atoms. The Balaban J connectivity index is 1.20. The molecule has 3 aliphatic rings. The van der Waals surface area contributed by atoms with Gasteiger partial charge in [-0.15, -0.1) is 0 Å². The predicted molar refractivity (Wildman–Crippen MR) is 162 cm³/mol. The monoisotopic (exact) mass is 577 g/mol. The van der Waals surface area contributed by atoms with Crippen molar-refractivity contribution >= 4 is 17.6 Å². The Morgan fingerprint density at radius 1 is 1.12 bits per heavy atom. The molecule has 0 radical (unpaired) electrons. The van der Waals surface area contributed by atoms with Gasteiger partial charge in [0.2, 0.25) is 5.91 Å². The molecule has 2 saturated heterocycles. The number of carbonyl (C=O) groups is 3. The highest BCUT2D eigenvalue weighted by Crippen LogP contribution is 2.59. The maximum atomic E-state index is 13.4. The van der Waals surface area contributed by atoms with Crippen molar-refractivity contribution in [3.05, 3.63) is 41.9 Å². The number of aromatic amines is 1. The molecule has 0 bridgehead atoms. The number of aromatic nitrogens is 2. The molecule has 1 aromatic carbocycles. The lowest BCUT2D eigenvalue weighted by molar-refractivity contribution is -0.124. The van der Waals surface area contributed by atoms with Crippen LogP contribution >= 0.6 is 0 Å². The number of carbonyl (C=O) groups excluding carboxylic acids is 3. The third-order valence-electron chi connectivity index (χ3n) is 9.55.